The highest BCUT2D eigenvalue weighted by atomic mass is 16.5. The topological polar surface area (TPSA) is 43.4 Å². The molecule has 0 amide bonds. The molecule has 0 fully saturated rings. The second-order valence-electron chi connectivity index (χ2n) is 4.67. The van der Waals surface area contributed by atoms with Gasteiger partial charge < -0.3 is 14.8 Å². The zero-order valence-electron chi connectivity index (χ0n) is 12.6. The molecule has 2 aromatic rings. The van der Waals surface area contributed by atoms with Crippen LogP contribution in [0.15, 0.2) is 42.7 Å². The Morgan fingerprint density at radius 3 is 2.76 bits per heavy atom. The van der Waals surface area contributed by atoms with Crippen molar-refractivity contribution in [3.63, 3.8) is 0 Å². The molecule has 112 valence electrons. The van der Waals surface area contributed by atoms with Crippen molar-refractivity contribution >= 4 is 0 Å². The van der Waals surface area contributed by atoms with E-state index in [9.17, 15) is 0 Å². The summed E-state index contributed by atoms with van der Waals surface area (Å²) in [4.78, 5) is 4.11. The minimum Gasteiger partial charge on any atom is -0.490 e. The Labute approximate surface area is 126 Å². The number of pyridine rings is 1. The number of hydrogen-bond donors (Lipinski definition) is 1. The van der Waals surface area contributed by atoms with Crippen molar-refractivity contribution in [1.82, 2.24) is 10.3 Å². The molecule has 4 nitrogen and oxygen atoms in total. The lowest BCUT2D eigenvalue weighted by molar-refractivity contribution is 0.276. The third-order valence-electron chi connectivity index (χ3n) is 3.09. The van der Waals surface area contributed by atoms with Gasteiger partial charge in [0.05, 0.1) is 13.2 Å². The van der Waals surface area contributed by atoms with Gasteiger partial charge in [-0.15, -0.1) is 0 Å². The van der Waals surface area contributed by atoms with Crippen LogP contribution in [0.3, 0.4) is 0 Å². The maximum atomic E-state index is 5.98. The van der Waals surface area contributed by atoms with Crippen molar-refractivity contribution in [2.75, 3.05) is 20.3 Å². The van der Waals surface area contributed by atoms with Crippen LogP contribution in [-0.4, -0.2) is 25.2 Å². The quantitative estimate of drug-likeness (QED) is 0.810. The van der Waals surface area contributed by atoms with Gasteiger partial charge in [-0.1, -0.05) is 18.2 Å². The van der Waals surface area contributed by atoms with Crippen molar-refractivity contribution < 1.29 is 9.47 Å². The average Bonchev–Trinajstić information content (AvgIpc) is 2.51. The van der Waals surface area contributed by atoms with E-state index in [0.29, 0.717) is 13.2 Å². The number of aromatic nitrogens is 1. The van der Waals surface area contributed by atoms with Gasteiger partial charge in [0.15, 0.2) is 11.5 Å². The smallest absolute Gasteiger partial charge is 0.165 e. The van der Waals surface area contributed by atoms with Crippen LogP contribution in [-0.2, 0) is 13.0 Å². The van der Waals surface area contributed by atoms with E-state index in [1.165, 1.54) is 5.56 Å². The zero-order valence-corrected chi connectivity index (χ0v) is 12.6. The van der Waals surface area contributed by atoms with Gasteiger partial charge in [0, 0.05) is 30.9 Å². The molecule has 0 saturated heterocycles. The summed E-state index contributed by atoms with van der Waals surface area (Å²) < 4.78 is 11.6. The Kier molecular flexibility index (Phi) is 6.03. The highest BCUT2D eigenvalue weighted by Crippen LogP contribution is 2.31. The first-order chi connectivity index (χ1) is 10.3. The fraction of sp³-hybridized carbons (Fsp3) is 0.353. The molecule has 1 heterocycles. The molecular weight excluding hydrogens is 264 g/mol. The third-order valence-corrected chi connectivity index (χ3v) is 3.09. The third kappa shape index (κ3) is 4.46. The fourth-order valence-electron chi connectivity index (χ4n) is 2.14. The van der Waals surface area contributed by atoms with Gasteiger partial charge in [-0.3, -0.25) is 4.98 Å². The van der Waals surface area contributed by atoms with Gasteiger partial charge in [-0.2, -0.15) is 0 Å². The number of nitrogens with zero attached hydrogens (tertiary/aromatic N) is 1. The summed E-state index contributed by atoms with van der Waals surface area (Å²) in [6.07, 6.45) is 4.47. The summed E-state index contributed by atoms with van der Waals surface area (Å²) in [5.74, 6) is 1.63. The largest absolute Gasteiger partial charge is 0.490 e. The number of ether oxygens (including phenoxy) is 2. The van der Waals surface area contributed by atoms with Crippen LogP contribution < -0.4 is 14.8 Å². The van der Waals surface area contributed by atoms with Crippen molar-refractivity contribution in [2.24, 2.45) is 0 Å². The monoisotopic (exact) mass is 286 g/mol. The number of rotatable bonds is 8. The number of benzene rings is 1. The molecule has 0 aliphatic carbocycles. The van der Waals surface area contributed by atoms with E-state index in [1.54, 1.807) is 6.20 Å². The van der Waals surface area contributed by atoms with E-state index in [1.807, 2.05) is 38.4 Å². The zero-order chi connectivity index (χ0) is 14.9. The van der Waals surface area contributed by atoms with Crippen molar-refractivity contribution in [1.29, 1.82) is 0 Å². The lowest BCUT2D eigenvalue weighted by Gasteiger charge is -2.16. The predicted octanol–water partition coefficient (Wildman–Crippen LogP) is 2.82. The van der Waals surface area contributed by atoms with Crippen molar-refractivity contribution in [3.8, 4) is 11.5 Å². The van der Waals surface area contributed by atoms with Crippen molar-refractivity contribution in [3.05, 3.63) is 53.9 Å². The molecular formula is C17H22N2O2. The van der Waals surface area contributed by atoms with Crippen LogP contribution in [0.25, 0.3) is 0 Å². The molecule has 0 saturated carbocycles. The van der Waals surface area contributed by atoms with Gasteiger partial charge in [-0.25, -0.2) is 0 Å². The summed E-state index contributed by atoms with van der Waals surface area (Å²) in [5.41, 5.74) is 2.27. The van der Waals surface area contributed by atoms with Gasteiger partial charge in [0.1, 0.15) is 0 Å². The first-order valence-corrected chi connectivity index (χ1v) is 7.26. The number of nitrogens with one attached hydrogen (secondary N) is 1. The molecule has 0 radical (unpaired) electrons. The van der Waals surface area contributed by atoms with Gasteiger partial charge in [-0.05, 0) is 31.7 Å². The van der Waals surface area contributed by atoms with Gasteiger partial charge in [0.25, 0.3) is 0 Å². The Bertz CT molecular complexity index is 519. The molecule has 0 unspecified atom stereocenters. The Morgan fingerprint density at radius 2 is 2.05 bits per heavy atom. The average molecular weight is 286 g/mol. The number of hydrogen-bond acceptors (Lipinski definition) is 4. The second-order valence-corrected chi connectivity index (χ2v) is 4.67. The van der Waals surface area contributed by atoms with Gasteiger partial charge in [0.2, 0.25) is 0 Å². The standard InChI is InChI=1S/C17H22N2O2/c1-3-20-16-8-4-7-15(13-18-2)17(16)21-11-9-14-6-5-10-19-12-14/h4-8,10,12,18H,3,9,11,13H2,1-2H3. The summed E-state index contributed by atoms with van der Waals surface area (Å²) in [7, 11) is 1.92. The van der Waals surface area contributed by atoms with E-state index in [-0.39, 0.29) is 0 Å². The molecule has 0 spiro atoms. The molecule has 0 bridgehead atoms. The molecule has 2 rings (SSSR count). The molecule has 0 aliphatic heterocycles. The van der Waals surface area contributed by atoms with Crippen LogP contribution in [0.2, 0.25) is 0 Å². The van der Waals surface area contributed by atoms with Crippen LogP contribution >= 0.6 is 0 Å². The molecule has 1 aromatic carbocycles. The maximum absolute atomic E-state index is 5.98. The Balaban J connectivity index is 2.06. The summed E-state index contributed by atoms with van der Waals surface area (Å²) >= 11 is 0. The second kappa shape index (κ2) is 8.27. The van der Waals surface area contributed by atoms with Crippen LogP contribution in [0, 0.1) is 0 Å². The lowest BCUT2D eigenvalue weighted by Crippen LogP contribution is -2.10. The first-order valence-electron chi connectivity index (χ1n) is 7.26. The lowest BCUT2D eigenvalue weighted by atomic mass is 10.1. The normalized spacial score (nSPS) is 10.4. The highest BCUT2D eigenvalue weighted by molar-refractivity contribution is 5.46. The summed E-state index contributed by atoms with van der Waals surface area (Å²) in [5, 5.41) is 3.16. The van der Waals surface area contributed by atoms with E-state index in [4.69, 9.17) is 9.47 Å². The maximum Gasteiger partial charge on any atom is 0.165 e. The molecule has 1 aromatic heterocycles. The number of para-hydroxylation sites is 1. The van der Waals surface area contributed by atoms with Gasteiger partial charge >= 0.3 is 0 Å². The van der Waals surface area contributed by atoms with E-state index >= 15 is 0 Å². The van der Waals surface area contributed by atoms with E-state index in [2.05, 4.69) is 22.4 Å². The predicted molar refractivity (Wildman–Crippen MR) is 83.8 cm³/mol. The first kappa shape index (κ1) is 15.3. The Hall–Kier alpha value is -2.07. The molecule has 21 heavy (non-hydrogen) atoms. The minimum atomic E-state index is 0.604. The fourth-order valence-corrected chi connectivity index (χ4v) is 2.14. The van der Waals surface area contributed by atoms with Crippen LogP contribution in [0.5, 0.6) is 11.5 Å². The molecule has 0 aliphatic rings. The van der Waals surface area contributed by atoms with Crippen LogP contribution in [0.1, 0.15) is 18.1 Å². The van der Waals surface area contributed by atoms with Crippen LogP contribution in [0.4, 0.5) is 0 Å². The highest BCUT2D eigenvalue weighted by Gasteiger charge is 2.10. The minimum absolute atomic E-state index is 0.604. The summed E-state index contributed by atoms with van der Waals surface area (Å²) in [6, 6.07) is 9.99. The Morgan fingerprint density at radius 1 is 1.14 bits per heavy atom. The van der Waals surface area contributed by atoms with E-state index in [0.717, 1.165) is 30.0 Å². The molecule has 4 heteroatoms. The van der Waals surface area contributed by atoms with E-state index < -0.39 is 0 Å². The SMILES string of the molecule is CCOc1cccc(CNC)c1OCCc1cccnc1. The van der Waals surface area contributed by atoms with Crippen molar-refractivity contribution in [2.45, 2.75) is 19.9 Å². The summed E-state index contributed by atoms with van der Waals surface area (Å²) in [6.45, 7) is 3.96. The molecule has 1 N–H and O–H groups in total. The molecule has 0 atom stereocenters.